The molecule has 2 aromatic carbocycles. The molecule has 134 valence electrons. The third-order valence-corrected chi connectivity index (χ3v) is 5.32. The first-order valence-corrected chi connectivity index (χ1v) is 10.3. The van der Waals surface area contributed by atoms with Crippen LogP contribution < -0.4 is 14.4 Å². The Labute approximate surface area is 161 Å². The van der Waals surface area contributed by atoms with Crippen LogP contribution in [0.2, 0.25) is 0 Å². The molecular weight excluding hydrogens is 455 g/mol. The van der Waals surface area contributed by atoms with Crippen molar-refractivity contribution in [2.45, 2.75) is 6.92 Å². The number of amides is 1. The topological polar surface area (TPSA) is 75.7 Å². The van der Waals surface area contributed by atoms with Crippen LogP contribution in [0.25, 0.3) is 0 Å². The predicted octanol–water partition coefficient (Wildman–Crippen LogP) is 3.01. The first kappa shape index (κ1) is 19.5. The van der Waals surface area contributed by atoms with E-state index < -0.39 is 15.9 Å². The molecule has 0 aliphatic heterocycles. The molecule has 0 heterocycles. The summed E-state index contributed by atoms with van der Waals surface area (Å²) in [6.07, 6.45) is 1.07. The molecule has 2 aromatic rings. The SMILES string of the molecule is COc1ccc(N(CC(=O)Nc2ccc(I)cc2C)S(C)(=O)=O)cc1. The second-order valence-corrected chi connectivity index (χ2v) is 8.63. The smallest absolute Gasteiger partial charge is 0.245 e. The molecule has 0 spiro atoms. The minimum absolute atomic E-state index is 0.309. The number of methoxy groups -OCH3 is 1. The van der Waals surface area contributed by atoms with Crippen molar-refractivity contribution in [3.63, 3.8) is 0 Å². The summed E-state index contributed by atoms with van der Waals surface area (Å²) in [7, 11) is -2.08. The zero-order chi connectivity index (χ0) is 18.6. The van der Waals surface area contributed by atoms with E-state index in [0.717, 1.165) is 19.7 Å². The molecule has 0 atom stereocenters. The highest BCUT2D eigenvalue weighted by Gasteiger charge is 2.21. The molecule has 6 nitrogen and oxygen atoms in total. The van der Waals surface area contributed by atoms with Gasteiger partial charge in [0.25, 0.3) is 0 Å². The van der Waals surface area contributed by atoms with Crippen molar-refractivity contribution in [2.24, 2.45) is 0 Å². The van der Waals surface area contributed by atoms with Gasteiger partial charge in [-0.3, -0.25) is 9.10 Å². The molecule has 0 radical (unpaired) electrons. The van der Waals surface area contributed by atoms with E-state index in [1.54, 1.807) is 30.3 Å². The number of halogens is 1. The number of nitrogens with one attached hydrogen (secondary N) is 1. The molecule has 2 rings (SSSR count). The van der Waals surface area contributed by atoms with Crippen LogP contribution in [0.1, 0.15) is 5.56 Å². The summed E-state index contributed by atoms with van der Waals surface area (Å²) in [4.78, 5) is 12.4. The number of nitrogens with zero attached hydrogens (tertiary/aromatic N) is 1. The lowest BCUT2D eigenvalue weighted by Crippen LogP contribution is -2.37. The molecule has 0 saturated heterocycles. The Balaban J connectivity index is 2.20. The van der Waals surface area contributed by atoms with Crippen molar-refractivity contribution >= 4 is 49.9 Å². The van der Waals surface area contributed by atoms with Gasteiger partial charge >= 0.3 is 0 Å². The average Bonchev–Trinajstić information content (AvgIpc) is 2.54. The van der Waals surface area contributed by atoms with Gasteiger partial charge in [0, 0.05) is 9.26 Å². The van der Waals surface area contributed by atoms with Gasteiger partial charge in [-0.1, -0.05) is 0 Å². The molecule has 0 fully saturated rings. The number of anilines is 2. The molecule has 0 aliphatic rings. The normalized spacial score (nSPS) is 11.0. The van der Waals surface area contributed by atoms with E-state index >= 15 is 0 Å². The van der Waals surface area contributed by atoms with E-state index in [9.17, 15) is 13.2 Å². The van der Waals surface area contributed by atoms with Crippen molar-refractivity contribution in [3.8, 4) is 5.75 Å². The first-order chi connectivity index (χ1) is 11.7. The lowest BCUT2D eigenvalue weighted by Gasteiger charge is -2.22. The van der Waals surface area contributed by atoms with Gasteiger partial charge in [-0.15, -0.1) is 0 Å². The lowest BCUT2D eigenvalue weighted by molar-refractivity contribution is -0.114. The maximum absolute atomic E-state index is 12.4. The van der Waals surface area contributed by atoms with Crippen molar-refractivity contribution < 1.29 is 17.9 Å². The van der Waals surface area contributed by atoms with Gasteiger partial charge in [-0.2, -0.15) is 0 Å². The van der Waals surface area contributed by atoms with E-state index in [1.165, 1.54) is 7.11 Å². The zero-order valence-electron chi connectivity index (χ0n) is 14.1. The summed E-state index contributed by atoms with van der Waals surface area (Å²) in [5.74, 6) is 0.196. The maximum Gasteiger partial charge on any atom is 0.245 e. The number of hydrogen-bond acceptors (Lipinski definition) is 4. The van der Waals surface area contributed by atoms with Crippen molar-refractivity contribution in [1.29, 1.82) is 0 Å². The Kier molecular flexibility index (Phi) is 6.28. The number of ether oxygens (including phenoxy) is 1. The van der Waals surface area contributed by atoms with Gasteiger partial charge in [0.1, 0.15) is 12.3 Å². The molecule has 8 heteroatoms. The molecule has 25 heavy (non-hydrogen) atoms. The maximum atomic E-state index is 12.4. The van der Waals surface area contributed by atoms with E-state index in [2.05, 4.69) is 27.9 Å². The minimum atomic E-state index is -3.61. The number of hydrogen-bond donors (Lipinski definition) is 1. The van der Waals surface area contributed by atoms with E-state index in [-0.39, 0.29) is 6.54 Å². The Morgan fingerprint density at radius 1 is 1.20 bits per heavy atom. The van der Waals surface area contributed by atoms with Crippen LogP contribution in [-0.2, 0) is 14.8 Å². The second kappa shape index (κ2) is 8.05. The van der Waals surface area contributed by atoms with E-state index in [1.807, 2.05) is 19.1 Å². The summed E-state index contributed by atoms with van der Waals surface area (Å²) in [5.41, 5.74) is 1.97. The van der Waals surface area contributed by atoms with Crippen LogP contribution in [0.15, 0.2) is 42.5 Å². The van der Waals surface area contributed by atoms with Crippen LogP contribution in [-0.4, -0.2) is 34.2 Å². The molecule has 0 aromatic heterocycles. The fourth-order valence-corrected chi connectivity index (χ4v) is 3.74. The number of rotatable bonds is 6. The highest BCUT2D eigenvalue weighted by molar-refractivity contribution is 14.1. The first-order valence-electron chi connectivity index (χ1n) is 7.38. The standard InChI is InChI=1S/C17H19IN2O4S/c1-12-10-13(18)4-9-16(12)19-17(21)11-20(25(3,22)23)14-5-7-15(24-2)8-6-14/h4-10H,11H2,1-3H3,(H,19,21). The van der Waals surface area contributed by atoms with Gasteiger partial charge in [0.2, 0.25) is 15.9 Å². The highest BCUT2D eigenvalue weighted by Crippen LogP contribution is 2.22. The Bertz CT molecular complexity index is 867. The zero-order valence-corrected chi connectivity index (χ0v) is 17.1. The quantitative estimate of drug-likeness (QED) is 0.654. The molecule has 0 saturated carbocycles. The van der Waals surface area contributed by atoms with E-state index in [4.69, 9.17) is 4.74 Å². The summed E-state index contributed by atoms with van der Waals surface area (Å²) >= 11 is 2.19. The molecular formula is C17H19IN2O4S. The summed E-state index contributed by atoms with van der Waals surface area (Å²) in [6, 6.07) is 12.1. The highest BCUT2D eigenvalue weighted by atomic mass is 127. The average molecular weight is 474 g/mol. The lowest BCUT2D eigenvalue weighted by atomic mass is 10.2. The third-order valence-electron chi connectivity index (χ3n) is 3.51. The van der Waals surface area contributed by atoms with E-state index in [0.29, 0.717) is 17.1 Å². The van der Waals surface area contributed by atoms with Crippen LogP contribution in [0, 0.1) is 10.5 Å². The van der Waals surface area contributed by atoms with Crippen LogP contribution in [0.3, 0.4) is 0 Å². The van der Waals surface area contributed by atoms with Gasteiger partial charge in [0.15, 0.2) is 0 Å². The predicted molar refractivity (Wildman–Crippen MR) is 108 cm³/mol. The summed E-state index contributed by atoms with van der Waals surface area (Å²) < 4.78 is 31.4. The largest absolute Gasteiger partial charge is 0.497 e. The Morgan fingerprint density at radius 2 is 1.84 bits per heavy atom. The number of benzene rings is 2. The molecule has 0 unspecified atom stereocenters. The number of sulfonamides is 1. The number of aryl methyl sites for hydroxylation is 1. The second-order valence-electron chi connectivity index (χ2n) is 5.48. The fraction of sp³-hybridized carbons (Fsp3) is 0.235. The van der Waals surface area contributed by atoms with Crippen LogP contribution in [0.4, 0.5) is 11.4 Å². The molecule has 0 bridgehead atoms. The Hall–Kier alpha value is -1.81. The van der Waals surface area contributed by atoms with Crippen LogP contribution >= 0.6 is 22.6 Å². The van der Waals surface area contributed by atoms with Crippen LogP contribution in [0.5, 0.6) is 5.75 Å². The van der Waals surface area contributed by atoms with Gasteiger partial charge in [-0.05, 0) is 77.5 Å². The fourth-order valence-electron chi connectivity index (χ4n) is 2.24. The molecule has 1 N–H and O–H groups in total. The van der Waals surface area contributed by atoms with Gasteiger partial charge in [0.05, 0.1) is 19.1 Å². The van der Waals surface area contributed by atoms with Crippen molar-refractivity contribution in [3.05, 3.63) is 51.6 Å². The summed E-state index contributed by atoms with van der Waals surface area (Å²) in [5, 5.41) is 2.76. The van der Waals surface area contributed by atoms with Gasteiger partial charge in [-0.25, -0.2) is 8.42 Å². The third kappa shape index (κ3) is 5.33. The summed E-state index contributed by atoms with van der Waals surface area (Å²) in [6.45, 7) is 1.58. The molecule has 0 aliphatic carbocycles. The minimum Gasteiger partial charge on any atom is -0.497 e. The number of carbonyl (C=O) groups excluding carboxylic acids is 1. The Morgan fingerprint density at radius 3 is 2.36 bits per heavy atom. The molecule has 1 amide bonds. The van der Waals surface area contributed by atoms with Gasteiger partial charge < -0.3 is 10.1 Å². The monoisotopic (exact) mass is 474 g/mol. The van der Waals surface area contributed by atoms with Crippen molar-refractivity contribution in [2.75, 3.05) is 29.5 Å². The van der Waals surface area contributed by atoms with Crippen molar-refractivity contribution in [1.82, 2.24) is 0 Å². The number of carbonyl (C=O) groups is 1.